The van der Waals surface area contributed by atoms with Gasteiger partial charge in [0.1, 0.15) is 5.37 Å². The van der Waals surface area contributed by atoms with E-state index >= 15 is 0 Å². The van der Waals surface area contributed by atoms with Crippen LogP contribution in [-0.2, 0) is 4.74 Å². The molecule has 6 nitrogen and oxygen atoms in total. The molecular formula is C9H11BrN2O4S. The lowest BCUT2D eigenvalue weighted by molar-refractivity contribution is 0.0152. The van der Waals surface area contributed by atoms with E-state index in [4.69, 9.17) is 9.84 Å². The van der Waals surface area contributed by atoms with Crippen LogP contribution in [0.1, 0.15) is 5.37 Å². The Hall–Kier alpha value is -0.570. The first kappa shape index (κ1) is 12.9. The summed E-state index contributed by atoms with van der Waals surface area (Å²) >= 11 is 4.59. The zero-order chi connectivity index (χ0) is 12.4. The number of hydrogen-bond acceptors (Lipinski definition) is 5. The highest BCUT2D eigenvalue weighted by Crippen LogP contribution is 2.28. The Morgan fingerprint density at radius 1 is 1.65 bits per heavy atom. The normalized spacial score (nSPS) is 24.8. The van der Waals surface area contributed by atoms with Crippen molar-refractivity contribution in [3.63, 3.8) is 0 Å². The van der Waals surface area contributed by atoms with Crippen LogP contribution < -0.4 is 11.2 Å². The summed E-state index contributed by atoms with van der Waals surface area (Å²) in [6.45, 7) is 0.304. The Morgan fingerprint density at radius 2 is 2.41 bits per heavy atom. The molecule has 2 unspecified atom stereocenters. The average Bonchev–Trinajstić information content (AvgIpc) is 2.34. The molecule has 94 valence electrons. The maximum atomic E-state index is 11.6. The minimum absolute atomic E-state index is 0.0239. The number of nitrogens with zero attached hydrogens (tertiary/aromatic N) is 1. The van der Waals surface area contributed by atoms with Gasteiger partial charge in [-0.2, -0.15) is 0 Å². The fourth-order valence-electron chi connectivity index (χ4n) is 1.47. The number of nitrogens with one attached hydrogen (secondary N) is 1. The smallest absolute Gasteiger partial charge is 0.329 e. The number of halogens is 1. The molecule has 0 aromatic carbocycles. The van der Waals surface area contributed by atoms with E-state index in [9.17, 15) is 9.59 Å². The highest BCUT2D eigenvalue weighted by atomic mass is 79.9. The molecule has 1 aromatic heterocycles. The number of aliphatic hydroxyl groups is 1. The van der Waals surface area contributed by atoms with E-state index in [2.05, 4.69) is 20.9 Å². The fraction of sp³-hybridized carbons (Fsp3) is 0.556. The molecule has 2 rings (SSSR count). The van der Waals surface area contributed by atoms with Crippen molar-refractivity contribution in [2.45, 2.75) is 11.5 Å². The number of rotatable bonds is 2. The average molecular weight is 323 g/mol. The first-order valence-corrected chi connectivity index (χ1v) is 6.81. The Morgan fingerprint density at radius 3 is 3.00 bits per heavy atom. The summed E-state index contributed by atoms with van der Waals surface area (Å²) < 4.78 is 7.11. The van der Waals surface area contributed by atoms with E-state index in [0.717, 1.165) is 0 Å². The van der Waals surface area contributed by atoms with E-state index in [1.165, 1.54) is 22.5 Å². The third kappa shape index (κ3) is 2.82. The molecule has 2 heterocycles. The Kier molecular flexibility index (Phi) is 4.08. The first-order chi connectivity index (χ1) is 8.11. The number of aromatic amines is 1. The van der Waals surface area contributed by atoms with Crippen molar-refractivity contribution in [3.8, 4) is 0 Å². The second kappa shape index (κ2) is 5.38. The summed E-state index contributed by atoms with van der Waals surface area (Å²) in [7, 11) is 0. The summed E-state index contributed by atoms with van der Waals surface area (Å²) in [5, 5.41) is 8.74. The van der Waals surface area contributed by atoms with Gasteiger partial charge in [-0.05, 0) is 15.9 Å². The van der Waals surface area contributed by atoms with E-state index in [1.54, 1.807) is 0 Å². The third-order valence-electron chi connectivity index (χ3n) is 2.39. The molecule has 1 aliphatic heterocycles. The molecule has 2 N–H and O–H groups in total. The lowest BCUT2D eigenvalue weighted by atomic mass is 10.4. The van der Waals surface area contributed by atoms with Crippen LogP contribution in [0, 0.1) is 0 Å². The zero-order valence-corrected chi connectivity index (χ0v) is 11.2. The summed E-state index contributed by atoms with van der Waals surface area (Å²) in [6, 6.07) is 0. The van der Waals surface area contributed by atoms with E-state index < -0.39 is 11.2 Å². The monoisotopic (exact) mass is 322 g/mol. The molecule has 0 amide bonds. The number of thioether (sulfide) groups is 1. The highest BCUT2D eigenvalue weighted by Gasteiger charge is 2.24. The number of H-pyrrole nitrogens is 1. The third-order valence-corrected chi connectivity index (χ3v) is 4.26. The van der Waals surface area contributed by atoms with Gasteiger partial charge in [0.25, 0.3) is 5.56 Å². The molecule has 17 heavy (non-hydrogen) atoms. The van der Waals surface area contributed by atoms with Crippen molar-refractivity contribution in [1.29, 1.82) is 0 Å². The van der Waals surface area contributed by atoms with E-state index in [0.29, 0.717) is 16.8 Å². The lowest BCUT2D eigenvalue weighted by Gasteiger charge is -2.28. The molecule has 1 aliphatic rings. The van der Waals surface area contributed by atoms with Crippen LogP contribution in [0.2, 0.25) is 0 Å². The zero-order valence-electron chi connectivity index (χ0n) is 8.76. The van der Waals surface area contributed by atoms with Gasteiger partial charge in [0.05, 0.1) is 23.8 Å². The van der Waals surface area contributed by atoms with Gasteiger partial charge in [0.2, 0.25) is 0 Å². The second-order valence-electron chi connectivity index (χ2n) is 3.57. The molecule has 0 bridgehead atoms. The topological polar surface area (TPSA) is 84.3 Å². The maximum absolute atomic E-state index is 11.6. The minimum atomic E-state index is -0.457. The predicted molar refractivity (Wildman–Crippen MR) is 67.3 cm³/mol. The molecular weight excluding hydrogens is 312 g/mol. The van der Waals surface area contributed by atoms with Crippen LogP contribution in [0.4, 0.5) is 0 Å². The van der Waals surface area contributed by atoms with Crippen LogP contribution in [-0.4, -0.2) is 39.7 Å². The van der Waals surface area contributed by atoms with Crippen LogP contribution in [0.25, 0.3) is 0 Å². The van der Waals surface area contributed by atoms with Gasteiger partial charge < -0.3 is 9.84 Å². The Bertz CT molecular complexity index is 506. The van der Waals surface area contributed by atoms with Crippen molar-refractivity contribution in [1.82, 2.24) is 9.55 Å². The lowest BCUT2D eigenvalue weighted by Crippen LogP contribution is -2.37. The largest absolute Gasteiger partial charge is 0.394 e. The predicted octanol–water partition coefficient (Wildman–Crippen LogP) is -0.0780. The van der Waals surface area contributed by atoms with Crippen LogP contribution >= 0.6 is 27.7 Å². The SMILES string of the molecule is O=c1[nH]c(=O)n(C2COC(CO)CS2)cc1Br. The molecule has 2 atom stereocenters. The number of aromatic nitrogens is 2. The van der Waals surface area contributed by atoms with Crippen molar-refractivity contribution in [2.24, 2.45) is 0 Å². The van der Waals surface area contributed by atoms with Crippen LogP contribution in [0.3, 0.4) is 0 Å². The minimum Gasteiger partial charge on any atom is -0.394 e. The number of hydrogen-bond donors (Lipinski definition) is 2. The number of ether oxygens (including phenoxy) is 1. The van der Waals surface area contributed by atoms with Crippen LogP contribution in [0.5, 0.6) is 0 Å². The molecule has 1 aromatic rings. The van der Waals surface area contributed by atoms with E-state index in [1.807, 2.05) is 0 Å². The molecule has 0 spiro atoms. The molecule has 8 heteroatoms. The van der Waals surface area contributed by atoms with Crippen molar-refractivity contribution in [3.05, 3.63) is 31.5 Å². The molecule has 0 radical (unpaired) electrons. The summed E-state index contributed by atoms with van der Waals surface area (Å²) in [4.78, 5) is 25.0. The summed E-state index contributed by atoms with van der Waals surface area (Å²) in [5.74, 6) is 0.615. The van der Waals surface area contributed by atoms with Gasteiger partial charge in [-0.15, -0.1) is 11.8 Å². The van der Waals surface area contributed by atoms with Gasteiger partial charge in [0, 0.05) is 11.9 Å². The summed E-state index contributed by atoms with van der Waals surface area (Å²) in [6.07, 6.45) is 1.28. The summed E-state index contributed by atoms with van der Waals surface area (Å²) in [5.41, 5.74) is -0.900. The fourth-order valence-corrected chi connectivity index (χ4v) is 2.92. The Balaban J connectivity index is 2.22. The van der Waals surface area contributed by atoms with Gasteiger partial charge in [-0.1, -0.05) is 0 Å². The van der Waals surface area contributed by atoms with Crippen molar-refractivity contribution in [2.75, 3.05) is 19.0 Å². The molecule has 1 saturated heterocycles. The van der Waals surface area contributed by atoms with Crippen molar-refractivity contribution >= 4 is 27.7 Å². The maximum Gasteiger partial charge on any atom is 0.329 e. The molecule has 1 fully saturated rings. The first-order valence-electron chi connectivity index (χ1n) is 4.97. The van der Waals surface area contributed by atoms with Gasteiger partial charge in [-0.25, -0.2) is 4.79 Å². The van der Waals surface area contributed by atoms with Crippen molar-refractivity contribution < 1.29 is 9.84 Å². The highest BCUT2D eigenvalue weighted by molar-refractivity contribution is 9.10. The second-order valence-corrected chi connectivity index (χ2v) is 5.63. The van der Waals surface area contributed by atoms with Gasteiger partial charge >= 0.3 is 5.69 Å². The van der Waals surface area contributed by atoms with Gasteiger partial charge in [0.15, 0.2) is 0 Å². The Labute approximate surface area is 109 Å². The quantitative estimate of drug-likeness (QED) is 0.795. The van der Waals surface area contributed by atoms with E-state index in [-0.39, 0.29) is 18.1 Å². The standard InChI is InChI=1S/C9H11BrN2O4S/c10-6-1-12(9(15)11-8(6)14)7-3-16-5(2-13)4-17-7/h1,5,7,13H,2-4H2,(H,11,14,15). The number of aliphatic hydroxyl groups excluding tert-OH is 1. The molecule has 0 aliphatic carbocycles. The van der Waals surface area contributed by atoms with Gasteiger partial charge in [-0.3, -0.25) is 14.3 Å². The molecule has 0 saturated carbocycles. The van der Waals surface area contributed by atoms with Crippen LogP contribution in [0.15, 0.2) is 20.3 Å².